The third kappa shape index (κ3) is 5.16. The van der Waals surface area contributed by atoms with E-state index in [9.17, 15) is 14.0 Å². The molecule has 10 nitrogen and oxygen atoms in total. The molecular formula is C33H39FN6O4. The molecule has 2 saturated heterocycles. The molecule has 232 valence electrons. The van der Waals surface area contributed by atoms with E-state index in [1.165, 1.54) is 17.7 Å². The lowest BCUT2D eigenvalue weighted by molar-refractivity contribution is -0.126. The van der Waals surface area contributed by atoms with Crippen LogP contribution in [0.15, 0.2) is 36.5 Å². The lowest BCUT2D eigenvalue weighted by Gasteiger charge is -2.33. The van der Waals surface area contributed by atoms with Crippen molar-refractivity contribution in [1.29, 1.82) is 0 Å². The molecule has 11 heteroatoms. The summed E-state index contributed by atoms with van der Waals surface area (Å²) in [5.41, 5.74) is 10.9. The first-order valence-electron chi connectivity index (χ1n) is 15.5. The minimum Gasteiger partial charge on any atom is -0.494 e. The summed E-state index contributed by atoms with van der Waals surface area (Å²) >= 11 is 0. The zero-order valence-electron chi connectivity index (χ0n) is 25.5. The van der Waals surface area contributed by atoms with Crippen LogP contribution >= 0.6 is 0 Å². The summed E-state index contributed by atoms with van der Waals surface area (Å²) in [5, 5.41) is 6.07. The number of nitrogens with two attached hydrogens (primary N) is 1. The summed E-state index contributed by atoms with van der Waals surface area (Å²) in [6.45, 7) is 4.37. The van der Waals surface area contributed by atoms with E-state index < -0.39 is 12.2 Å². The summed E-state index contributed by atoms with van der Waals surface area (Å²) < 4.78 is 30.5. The zero-order valence-corrected chi connectivity index (χ0v) is 25.5. The van der Waals surface area contributed by atoms with Crippen LogP contribution in [-0.2, 0) is 11.3 Å². The molecule has 0 radical (unpaired) electrons. The van der Waals surface area contributed by atoms with Crippen LogP contribution in [0.5, 0.6) is 11.5 Å². The number of halogens is 1. The van der Waals surface area contributed by atoms with Crippen molar-refractivity contribution in [2.45, 2.75) is 51.4 Å². The molecule has 1 aromatic carbocycles. The molecule has 3 atom stereocenters. The van der Waals surface area contributed by atoms with E-state index in [1.807, 2.05) is 26.1 Å². The zero-order chi connectivity index (χ0) is 30.7. The van der Waals surface area contributed by atoms with Crippen LogP contribution in [0.2, 0.25) is 0 Å². The van der Waals surface area contributed by atoms with Crippen LogP contribution in [0.3, 0.4) is 0 Å². The Bertz CT molecular complexity index is 1750. The molecule has 1 unspecified atom stereocenters. The van der Waals surface area contributed by atoms with Crippen LogP contribution in [0.25, 0.3) is 27.8 Å². The molecule has 3 aliphatic rings. The van der Waals surface area contributed by atoms with Crippen LogP contribution in [0.1, 0.15) is 41.6 Å². The number of carbonyl (C=O) groups excluding carboxylic acids is 2. The minimum absolute atomic E-state index is 0.0235. The summed E-state index contributed by atoms with van der Waals surface area (Å²) in [4.78, 5) is 28.8. The van der Waals surface area contributed by atoms with Gasteiger partial charge in [-0.2, -0.15) is 5.10 Å². The van der Waals surface area contributed by atoms with Crippen molar-refractivity contribution in [3.63, 3.8) is 0 Å². The Balaban J connectivity index is 1.28. The van der Waals surface area contributed by atoms with Gasteiger partial charge < -0.3 is 29.6 Å². The van der Waals surface area contributed by atoms with Gasteiger partial charge in [0.15, 0.2) is 0 Å². The Morgan fingerprint density at radius 2 is 1.93 bits per heavy atom. The largest absolute Gasteiger partial charge is 0.494 e. The van der Waals surface area contributed by atoms with Gasteiger partial charge in [-0.25, -0.2) is 8.91 Å². The Morgan fingerprint density at radius 1 is 1.11 bits per heavy atom. The number of nitrogens with zero attached hydrogens (tertiary/aromatic N) is 5. The number of carbonyl (C=O) groups is 2. The predicted octanol–water partition coefficient (Wildman–Crippen LogP) is 4.05. The summed E-state index contributed by atoms with van der Waals surface area (Å²) in [5.74, 6) is 1.94. The van der Waals surface area contributed by atoms with Gasteiger partial charge in [-0.05, 0) is 50.3 Å². The van der Waals surface area contributed by atoms with Gasteiger partial charge in [0.05, 0.1) is 37.0 Å². The van der Waals surface area contributed by atoms with Crippen LogP contribution in [0, 0.1) is 18.8 Å². The van der Waals surface area contributed by atoms with Crippen molar-refractivity contribution in [1.82, 2.24) is 24.0 Å². The van der Waals surface area contributed by atoms with Gasteiger partial charge in [-0.3, -0.25) is 9.59 Å². The first-order chi connectivity index (χ1) is 21.2. The molecule has 44 heavy (non-hydrogen) atoms. The Labute approximate surface area is 255 Å². The van der Waals surface area contributed by atoms with Gasteiger partial charge in [0, 0.05) is 62.2 Å². The van der Waals surface area contributed by atoms with Gasteiger partial charge in [0.1, 0.15) is 28.9 Å². The highest BCUT2D eigenvalue weighted by Crippen LogP contribution is 2.41. The molecule has 4 aromatic rings. The predicted molar refractivity (Wildman–Crippen MR) is 165 cm³/mol. The third-order valence-corrected chi connectivity index (χ3v) is 9.27. The maximum atomic E-state index is 14.3. The number of benzene rings is 1. The Morgan fingerprint density at radius 3 is 2.64 bits per heavy atom. The number of hydrogen-bond donors (Lipinski definition) is 1. The number of ether oxygens (including phenoxy) is 2. The van der Waals surface area contributed by atoms with Crippen molar-refractivity contribution in [2.24, 2.45) is 17.6 Å². The van der Waals surface area contributed by atoms with E-state index in [4.69, 9.17) is 20.3 Å². The van der Waals surface area contributed by atoms with Crippen LogP contribution < -0.4 is 15.2 Å². The molecule has 7 rings (SSSR count). The Kier molecular flexibility index (Phi) is 7.23. The van der Waals surface area contributed by atoms with E-state index in [2.05, 4.69) is 16.7 Å². The number of methoxy groups -OCH3 is 1. The number of aryl methyl sites for hydroxylation is 1. The molecule has 1 aliphatic carbocycles. The van der Waals surface area contributed by atoms with E-state index in [-0.39, 0.29) is 30.7 Å². The first kappa shape index (κ1) is 28.6. The van der Waals surface area contributed by atoms with E-state index in [1.54, 1.807) is 28.8 Å². The molecule has 0 bridgehead atoms. The van der Waals surface area contributed by atoms with Crippen molar-refractivity contribution in [3.05, 3.63) is 47.7 Å². The number of hydrogen-bond acceptors (Lipinski definition) is 6. The van der Waals surface area contributed by atoms with Gasteiger partial charge in [0.2, 0.25) is 5.91 Å². The van der Waals surface area contributed by atoms with E-state index >= 15 is 0 Å². The highest BCUT2D eigenvalue weighted by molar-refractivity contribution is 5.96. The molecule has 1 saturated carbocycles. The fourth-order valence-electron chi connectivity index (χ4n) is 6.85. The van der Waals surface area contributed by atoms with Gasteiger partial charge in [0.25, 0.3) is 5.91 Å². The number of rotatable bonds is 8. The van der Waals surface area contributed by atoms with Crippen LogP contribution in [0.4, 0.5) is 4.39 Å². The average molecular weight is 603 g/mol. The molecule has 0 spiro atoms. The number of alkyl halides is 1. The smallest absolute Gasteiger partial charge is 0.255 e. The molecule has 2 N–H and O–H groups in total. The normalized spacial score (nSPS) is 22.4. The van der Waals surface area contributed by atoms with Crippen molar-refractivity contribution in [2.75, 3.05) is 40.4 Å². The van der Waals surface area contributed by atoms with Crippen molar-refractivity contribution in [3.8, 4) is 22.9 Å². The number of pyridine rings is 1. The number of likely N-dealkylation sites (tertiary alicyclic amines) is 2. The maximum Gasteiger partial charge on any atom is 0.255 e. The fraction of sp³-hybridized carbons (Fsp3) is 0.485. The van der Waals surface area contributed by atoms with Gasteiger partial charge >= 0.3 is 0 Å². The maximum absolute atomic E-state index is 14.3. The van der Waals surface area contributed by atoms with Gasteiger partial charge in [-0.1, -0.05) is 12.1 Å². The summed E-state index contributed by atoms with van der Waals surface area (Å²) in [6, 6.07) is 9.56. The average Bonchev–Trinajstić information content (AvgIpc) is 3.54. The third-order valence-electron chi connectivity index (χ3n) is 9.27. The minimum atomic E-state index is -1.14. The van der Waals surface area contributed by atoms with Crippen molar-refractivity contribution < 1.29 is 23.5 Å². The fourth-order valence-corrected chi connectivity index (χ4v) is 6.85. The number of fused-ring (bicyclic) bond motifs is 2. The lowest BCUT2D eigenvalue weighted by atomic mass is 10.0. The molecule has 2 amide bonds. The molecule has 2 aliphatic heterocycles. The lowest BCUT2D eigenvalue weighted by Crippen LogP contribution is -2.50. The molecule has 5 heterocycles. The van der Waals surface area contributed by atoms with E-state index in [0.29, 0.717) is 43.3 Å². The standard InChI is InChI=1S/C33H39FN6O4/c1-19-30(36-40-15-23(11-28(43-3)31(19)40)33(42)38-16-24(34)12-25(35)17-38)26-10-22-5-4-6-27(32(22)39(26)14-20-7-8-20)44-18-21-9-29(41)37(2)13-21/h4-6,10-11,15,20-21,24-25H,7-9,12-14,16-18,35H2,1-3H3/t21?,24-,25-/m1/s1. The topological polar surface area (TPSA) is 107 Å². The summed E-state index contributed by atoms with van der Waals surface area (Å²) in [7, 11) is 3.41. The molecule has 3 fully saturated rings. The van der Waals surface area contributed by atoms with Crippen LogP contribution in [-0.4, -0.2) is 88.4 Å². The monoisotopic (exact) mass is 602 g/mol. The highest BCUT2D eigenvalue weighted by atomic mass is 19.1. The van der Waals surface area contributed by atoms with Crippen molar-refractivity contribution >= 4 is 28.2 Å². The van der Waals surface area contributed by atoms with E-state index in [0.717, 1.165) is 45.7 Å². The first-order valence-corrected chi connectivity index (χ1v) is 15.5. The number of amides is 2. The second-order valence-corrected chi connectivity index (χ2v) is 12.8. The Hall–Kier alpha value is -4.12. The molecular weight excluding hydrogens is 563 g/mol. The van der Waals surface area contributed by atoms with Gasteiger partial charge in [-0.15, -0.1) is 0 Å². The highest BCUT2D eigenvalue weighted by Gasteiger charge is 2.31. The number of piperidine rings is 1. The quantitative estimate of drug-likeness (QED) is 0.326. The second kappa shape index (κ2) is 11.1. The number of para-hydroxylation sites is 1. The second-order valence-electron chi connectivity index (χ2n) is 12.8. The molecule has 3 aromatic heterocycles. The number of aromatic nitrogens is 3. The summed E-state index contributed by atoms with van der Waals surface area (Å²) in [6.07, 6.45) is 3.69. The SMILES string of the molecule is COc1cc(C(=O)N2C[C@H](N)C[C@@H](F)C2)cn2nc(-c3cc4cccc(OCC5CC(=O)N(C)C5)c4n3CC3CC3)c(C)c12.